The number of fused-ring (bicyclic) bond motifs is 1. The van der Waals surface area contributed by atoms with E-state index < -0.39 is 0 Å². The van der Waals surface area contributed by atoms with Gasteiger partial charge in [-0.25, -0.2) is 4.98 Å². The molecule has 0 radical (unpaired) electrons. The van der Waals surface area contributed by atoms with Crippen LogP contribution in [0.25, 0.3) is 0 Å². The second-order valence-electron chi connectivity index (χ2n) is 4.93. The molecule has 3 rings (SSSR count). The highest BCUT2D eigenvalue weighted by atomic mass is 16.1. The SMILES string of the molecule is CCc1ccc(NC(=O)c2cn3c(n2)NCCC3)cc1. The predicted molar refractivity (Wildman–Crippen MR) is 79.1 cm³/mol. The van der Waals surface area contributed by atoms with Crippen molar-refractivity contribution in [1.82, 2.24) is 9.55 Å². The summed E-state index contributed by atoms with van der Waals surface area (Å²) in [5.74, 6) is 0.612. The largest absolute Gasteiger partial charge is 0.356 e. The third kappa shape index (κ3) is 2.52. The lowest BCUT2D eigenvalue weighted by Gasteiger charge is -2.14. The molecule has 2 heterocycles. The molecule has 2 aromatic rings. The van der Waals surface area contributed by atoms with Crippen LogP contribution in [-0.2, 0) is 13.0 Å². The van der Waals surface area contributed by atoms with Crippen molar-refractivity contribution >= 4 is 17.5 Å². The summed E-state index contributed by atoms with van der Waals surface area (Å²) in [6.07, 6.45) is 3.85. The molecule has 0 saturated carbocycles. The Labute approximate surface area is 118 Å². The Balaban J connectivity index is 1.73. The van der Waals surface area contributed by atoms with Crippen LogP contribution >= 0.6 is 0 Å². The van der Waals surface area contributed by atoms with Crippen LogP contribution in [0.1, 0.15) is 29.4 Å². The first kappa shape index (κ1) is 12.7. The fourth-order valence-corrected chi connectivity index (χ4v) is 2.31. The van der Waals surface area contributed by atoms with Crippen molar-refractivity contribution in [2.75, 3.05) is 17.2 Å². The van der Waals surface area contributed by atoms with E-state index in [0.29, 0.717) is 5.69 Å². The summed E-state index contributed by atoms with van der Waals surface area (Å²) in [6, 6.07) is 7.89. The zero-order chi connectivity index (χ0) is 13.9. The van der Waals surface area contributed by atoms with E-state index in [1.54, 1.807) is 6.20 Å². The second-order valence-corrected chi connectivity index (χ2v) is 4.93. The third-order valence-electron chi connectivity index (χ3n) is 3.49. The minimum Gasteiger partial charge on any atom is -0.356 e. The number of carbonyl (C=O) groups is 1. The Morgan fingerprint density at radius 1 is 1.40 bits per heavy atom. The summed E-state index contributed by atoms with van der Waals surface area (Å²) in [4.78, 5) is 16.5. The quantitative estimate of drug-likeness (QED) is 0.901. The Bertz CT molecular complexity index is 592. The first-order valence-corrected chi connectivity index (χ1v) is 6.97. The van der Waals surface area contributed by atoms with Crippen molar-refractivity contribution in [3.63, 3.8) is 0 Å². The first-order valence-electron chi connectivity index (χ1n) is 6.97. The van der Waals surface area contributed by atoms with Gasteiger partial charge in [-0.1, -0.05) is 19.1 Å². The molecule has 1 amide bonds. The lowest BCUT2D eigenvalue weighted by molar-refractivity contribution is 0.102. The van der Waals surface area contributed by atoms with Gasteiger partial charge in [0, 0.05) is 25.0 Å². The topological polar surface area (TPSA) is 59.0 Å². The summed E-state index contributed by atoms with van der Waals surface area (Å²) in [5.41, 5.74) is 2.50. The fourth-order valence-electron chi connectivity index (χ4n) is 2.31. The van der Waals surface area contributed by atoms with Gasteiger partial charge in [-0.2, -0.15) is 0 Å². The summed E-state index contributed by atoms with van der Waals surface area (Å²) < 4.78 is 1.98. The predicted octanol–water partition coefficient (Wildman–Crippen LogP) is 2.51. The number of hydrogen-bond donors (Lipinski definition) is 2. The number of carbonyl (C=O) groups excluding carboxylic acids is 1. The molecule has 0 spiro atoms. The van der Waals surface area contributed by atoms with Crippen LogP contribution in [0.4, 0.5) is 11.6 Å². The van der Waals surface area contributed by atoms with Crippen LogP contribution in [0.3, 0.4) is 0 Å². The second kappa shape index (κ2) is 5.36. The zero-order valence-electron chi connectivity index (χ0n) is 11.5. The monoisotopic (exact) mass is 270 g/mol. The number of hydrogen-bond acceptors (Lipinski definition) is 3. The number of nitrogens with zero attached hydrogens (tertiary/aromatic N) is 2. The van der Waals surface area contributed by atoms with E-state index >= 15 is 0 Å². The molecule has 0 aliphatic carbocycles. The number of imidazole rings is 1. The van der Waals surface area contributed by atoms with Crippen LogP contribution in [0.15, 0.2) is 30.5 Å². The first-order chi connectivity index (χ1) is 9.76. The molecule has 5 heteroatoms. The normalized spacial score (nSPS) is 13.4. The van der Waals surface area contributed by atoms with Gasteiger partial charge in [-0.15, -0.1) is 0 Å². The number of anilines is 2. The van der Waals surface area contributed by atoms with Gasteiger partial charge < -0.3 is 15.2 Å². The molecule has 2 N–H and O–H groups in total. The van der Waals surface area contributed by atoms with E-state index in [1.807, 2.05) is 28.8 Å². The van der Waals surface area contributed by atoms with Gasteiger partial charge in [0.25, 0.3) is 5.91 Å². The molecule has 1 aliphatic rings. The maximum atomic E-state index is 12.2. The summed E-state index contributed by atoms with van der Waals surface area (Å²) in [5, 5.41) is 6.06. The van der Waals surface area contributed by atoms with Gasteiger partial charge in [-0.3, -0.25) is 4.79 Å². The van der Waals surface area contributed by atoms with Crippen LogP contribution < -0.4 is 10.6 Å². The number of rotatable bonds is 3. The number of nitrogens with one attached hydrogen (secondary N) is 2. The molecule has 5 nitrogen and oxygen atoms in total. The lowest BCUT2D eigenvalue weighted by Crippen LogP contribution is -2.16. The van der Waals surface area contributed by atoms with Gasteiger partial charge in [0.05, 0.1) is 0 Å². The number of amides is 1. The molecule has 0 atom stereocenters. The van der Waals surface area contributed by atoms with Crippen molar-refractivity contribution in [1.29, 1.82) is 0 Å². The van der Waals surface area contributed by atoms with E-state index in [2.05, 4.69) is 22.5 Å². The highest BCUT2D eigenvalue weighted by Gasteiger charge is 2.16. The lowest BCUT2D eigenvalue weighted by atomic mass is 10.1. The standard InChI is InChI=1S/C15H18N4O/c1-2-11-4-6-12(7-5-11)17-14(20)13-10-19-9-3-8-16-15(19)18-13/h4-7,10H,2-3,8-9H2,1H3,(H,16,18)(H,17,20). The van der Waals surface area contributed by atoms with Crippen LogP contribution in [0.2, 0.25) is 0 Å². The molecular formula is C15H18N4O. The molecule has 0 bridgehead atoms. The number of aromatic nitrogens is 2. The maximum Gasteiger partial charge on any atom is 0.275 e. The highest BCUT2D eigenvalue weighted by molar-refractivity contribution is 6.03. The van der Waals surface area contributed by atoms with Crippen LogP contribution in [0.5, 0.6) is 0 Å². The Kier molecular flexibility index (Phi) is 3.41. The molecule has 1 aromatic carbocycles. The number of aryl methyl sites for hydroxylation is 2. The summed E-state index contributed by atoms with van der Waals surface area (Å²) in [7, 11) is 0. The van der Waals surface area contributed by atoms with Gasteiger partial charge in [0.15, 0.2) is 0 Å². The highest BCUT2D eigenvalue weighted by Crippen LogP contribution is 2.16. The summed E-state index contributed by atoms with van der Waals surface area (Å²) >= 11 is 0. The maximum absolute atomic E-state index is 12.2. The van der Waals surface area contributed by atoms with E-state index in [1.165, 1.54) is 5.56 Å². The smallest absolute Gasteiger partial charge is 0.275 e. The van der Waals surface area contributed by atoms with Gasteiger partial charge in [0.2, 0.25) is 5.95 Å². The molecular weight excluding hydrogens is 252 g/mol. The summed E-state index contributed by atoms with van der Waals surface area (Å²) in [6.45, 7) is 3.93. The number of benzene rings is 1. The van der Waals surface area contributed by atoms with Crippen molar-refractivity contribution in [2.24, 2.45) is 0 Å². The van der Waals surface area contributed by atoms with E-state index in [9.17, 15) is 4.79 Å². The van der Waals surface area contributed by atoms with Crippen molar-refractivity contribution in [3.05, 3.63) is 41.7 Å². The third-order valence-corrected chi connectivity index (χ3v) is 3.49. The Hall–Kier alpha value is -2.30. The minimum absolute atomic E-state index is 0.169. The van der Waals surface area contributed by atoms with Crippen molar-refractivity contribution in [2.45, 2.75) is 26.3 Å². The average Bonchev–Trinajstić information content (AvgIpc) is 2.92. The van der Waals surface area contributed by atoms with E-state index in [4.69, 9.17) is 0 Å². The van der Waals surface area contributed by atoms with Gasteiger partial charge >= 0.3 is 0 Å². The minimum atomic E-state index is -0.169. The Morgan fingerprint density at radius 3 is 2.90 bits per heavy atom. The molecule has 0 unspecified atom stereocenters. The van der Waals surface area contributed by atoms with E-state index in [0.717, 1.165) is 37.6 Å². The van der Waals surface area contributed by atoms with Crippen molar-refractivity contribution < 1.29 is 4.79 Å². The van der Waals surface area contributed by atoms with Crippen LogP contribution in [0, 0.1) is 0 Å². The van der Waals surface area contributed by atoms with Gasteiger partial charge in [0.1, 0.15) is 5.69 Å². The Morgan fingerprint density at radius 2 is 2.20 bits per heavy atom. The van der Waals surface area contributed by atoms with Crippen molar-refractivity contribution in [3.8, 4) is 0 Å². The molecule has 104 valence electrons. The molecule has 1 aliphatic heterocycles. The zero-order valence-corrected chi connectivity index (χ0v) is 11.5. The molecule has 20 heavy (non-hydrogen) atoms. The molecule has 1 aromatic heterocycles. The van der Waals surface area contributed by atoms with Crippen LogP contribution in [-0.4, -0.2) is 22.0 Å². The average molecular weight is 270 g/mol. The molecule has 0 fully saturated rings. The van der Waals surface area contributed by atoms with Gasteiger partial charge in [-0.05, 0) is 30.5 Å². The molecule has 0 saturated heterocycles. The fraction of sp³-hybridized carbons (Fsp3) is 0.333. The van der Waals surface area contributed by atoms with E-state index in [-0.39, 0.29) is 5.91 Å².